The quantitative estimate of drug-likeness (QED) is 0.181. The number of benzene rings is 4. The number of nitrogens with one attached hydrogen (secondary N) is 2. The van der Waals surface area contributed by atoms with Crippen LogP contribution in [0.5, 0.6) is 11.5 Å². The molecular formula is C33H32N4O2. The monoisotopic (exact) mass is 516 g/mol. The Morgan fingerprint density at radius 2 is 1.05 bits per heavy atom. The second-order valence-corrected chi connectivity index (χ2v) is 10.0. The summed E-state index contributed by atoms with van der Waals surface area (Å²) in [6.07, 6.45) is 2.97. The van der Waals surface area contributed by atoms with Crippen LogP contribution >= 0.6 is 0 Å². The second-order valence-electron chi connectivity index (χ2n) is 10.0. The van der Waals surface area contributed by atoms with Crippen LogP contribution < -0.4 is 9.47 Å². The normalized spacial score (nSPS) is 11.3. The van der Waals surface area contributed by atoms with Crippen molar-refractivity contribution in [1.29, 1.82) is 0 Å². The summed E-state index contributed by atoms with van der Waals surface area (Å²) in [5.74, 6) is 3.44. The fourth-order valence-electron chi connectivity index (χ4n) is 4.75. The third-order valence-electron chi connectivity index (χ3n) is 6.82. The van der Waals surface area contributed by atoms with Gasteiger partial charge in [-0.2, -0.15) is 0 Å². The number of aryl methyl sites for hydroxylation is 2. The van der Waals surface area contributed by atoms with Crippen molar-refractivity contribution in [3.8, 4) is 34.3 Å². The number of aromatic nitrogens is 4. The van der Waals surface area contributed by atoms with Crippen molar-refractivity contribution in [2.75, 3.05) is 13.2 Å². The van der Waals surface area contributed by atoms with Crippen LogP contribution in [0.25, 0.3) is 44.8 Å². The number of imidazole rings is 2. The third-order valence-corrected chi connectivity index (χ3v) is 6.82. The van der Waals surface area contributed by atoms with Crippen LogP contribution in [0.2, 0.25) is 0 Å². The number of rotatable bonds is 10. The van der Waals surface area contributed by atoms with E-state index in [2.05, 4.69) is 60.2 Å². The minimum absolute atomic E-state index is 0.670. The molecule has 2 aromatic heterocycles. The van der Waals surface area contributed by atoms with E-state index in [1.807, 2.05) is 48.5 Å². The lowest BCUT2D eigenvalue weighted by molar-refractivity contribution is 0.279. The molecule has 196 valence electrons. The molecule has 0 aliphatic carbocycles. The first-order chi connectivity index (χ1) is 19.1. The lowest BCUT2D eigenvalue weighted by Crippen LogP contribution is -2.01. The number of hydrogen-bond donors (Lipinski definition) is 2. The van der Waals surface area contributed by atoms with Gasteiger partial charge >= 0.3 is 0 Å². The fourth-order valence-corrected chi connectivity index (χ4v) is 4.75. The zero-order chi connectivity index (χ0) is 26.6. The number of ether oxygens (including phenoxy) is 2. The highest BCUT2D eigenvalue weighted by Gasteiger charge is 2.08. The molecule has 0 aliphatic rings. The maximum absolute atomic E-state index is 6.03. The minimum Gasteiger partial charge on any atom is -0.494 e. The molecule has 0 bridgehead atoms. The summed E-state index contributed by atoms with van der Waals surface area (Å²) in [6.45, 7) is 5.51. The molecule has 39 heavy (non-hydrogen) atoms. The van der Waals surface area contributed by atoms with Gasteiger partial charge in [0, 0.05) is 11.1 Å². The van der Waals surface area contributed by atoms with Crippen molar-refractivity contribution in [3.05, 3.63) is 96.1 Å². The van der Waals surface area contributed by atoms with Crippen LogP contribution in [0.4, 0.5) is 0 Å². The third kappa shape index (κ3) is 5.80. The second kappa shape index (κ2) is 11.0. The molecular weight excluding hydrogens is 484 g/mol. The van der Waals surface area contributed by atoms with Gasteiger partial charge in [-0.05, 0) is 92.8 Å². The SMILES string of the molecule is Cc1ccc2nc(-c3cccc(OCCCCCOc4cccc(-c5nc6ccc(C)cc6[nH]5)c4)c3)[nH]c2c1. The number of H-pyrrole nitrogens is 2. The summed E-state index contributed by atoms with van der Waals surface area (Å²) >= 11 is 0. The summed E-state index contributed by atoms with van der Waals surface area (Å²) in [5.41, 5.74) is 8.52. The first kappa shape index (κ1) is 24.7. The van der Waals surface area contributed by atoms with E-state index >= 15 is 0 Å². The molecule has 0 radical (unpaired) electrons. The van der Waals surface area contributed by atoms with Gasteiger partial charge < -0.3 is 19.4 Å². The smallest absolute Gasteiger partial charge is 0.138 e. The Morgan fingerprint density at radius 1 is 0.564 bits per heavy atom. The van der Waals surface area contributed by atoms with Crippen LogP contribution in [0.3, 0.4) is 0 Å². The Balaban J connectivity index is 0.961. The van der Waals surface area contributed by atoms with E-state index in [0.717, 1.165) is 75.6 Å². The van der Waals surface area contributed by atoms with Crippen LogP contribution in [0, 0.1) is 13.8 Å². The fraction of sp³-hybridized carbons (Fsp3) is 0.212. The summed E-state index contributed by atoms with van der Waals surface area (Å²) < 4.78 is 12.1. The van der Waals surface area contributed by atoms with Gasteiger partial charge in [0.05, 0.1) is 35.3 Å². The molecule has 6 aromatic rings. The van der Waals surface area contributed by atoms with Crippen LogP contribution in [-0.4, -0.2) is 33.1 Å². The molecule has 2 N–H and O–H groups in total. The van der Waals surface area contributed by atoms with Crippen LogP contribution in [0.15, 0.2) is 84.9 Å². The molecule has 0 fully saturated rings. The highest BCUT2D eigenvalue weighted by atomic mass is 16.5. The lowest BCUT2D eigenvalue weighted by atomic mass is 10.2. The summed E-state index contributed by atoms with van der Waals surface area (Å²) in [5, 5.41) is 0. The van der Waals surface area contributed by atoms with E-state index in [0.29, 0.717) is 13.2 Å². The predicted octanol–water partition coefficient (Wildman–Crippen LogP) is 8.02. The number of nitrogens with zero attached hydrogens (tertiary/aromatic N) is 2. The number of aromatic amines is 2. The van der Waals surface area contributed by atoms with Gasteiger partial charge in [0.25, 0.3) is 0 Å². The average molecular weight is 517 g/mol. The van der Waals surface area contributed by atoms with E-state index < -0.39 is 0 Å². The van der Waals surface area contributed by atoms with Crippen molar-refractivity contribution >= 4 is 22.1 Å². The van der Waals surface area contributed by atoms with Gasteiger partial charge in [-0.15, -0.1) is 0 Å². The molecule has 4 aromatic carbocycles. The maximum atomic E-state index is 6.03. The molecule has 6 nitrogen and oxygen atoms in total. The minimum atomic E-state index is 0.670. The predicted molar refractivity (Wildman–Crippen MR) is 157 cm³/mol. The zero-order valence-electron chi connectivity index (χ0n) is 22.3. The van der Waals surface area contributed by atoms with Gasteiger partial charge in [-0.1, -0.05) is 36.4 Å². The van der Waals surface area contributed by atoms with Gasteiger partial charge in [0.1, 0.15) is 23.1 Å². The Kier molecular flexibility index (Phi) is 7.00. The first-order valence-electron chi connectivity index (χ1n) is 13.5. The van der Waals surface area contributed by atoms with Crippen molar-refractivity contribution in [1.82, 2.24) is 19.9 Å². The van der Waals surface area contributed by atoms with Crippen LogP contribution in [-0.2, 0) is 0 Å². The van der Waals surface area contributed by atoms with Gasteiger partial charge in [-0.25, -0.2) is 9.97 Å². The highest BCUT2D eigenvalue weighted by molar-refractivity contribution is 5.81. The van der Waals surface area contributed by atoms with E-state index in [4.69, 9.17) is 19.4 Å². The molecule has 0 amide bonds. The zero-order valence-corrected chi connectivity index (χ0v) is 22.3. The molecule has 0 aliphatic heterocycles. The van der Waals surface area contributed by atoms with Gasteiger partial charge in [0.15, 0.2) is 0 Å². The van der Waals surface area contributed by atoms with Crippen molar-refractivity contribution in [2.45, 2.75) is 33.1 Å². The molecule has 0 unspecified atom stereocenters. The van der Waals surface area contributed by atoms with E-state index in [9.17, 15) is 0 Å². The number of hydrogen-bond acceptors (Lipinski definition) is 4. The average Bonchev–Trinajstić information content (AvgIpc) is 3.57. The molecule has 0 spiro atoms. The van der Waals surface area contributed by atoms with E-state index in [-0.39, 0.29) is 0 Å². The Labute approximate surface area is 228 Å². The van der Waals surface area contributed by atoms with Crippen molar-refractivity contribution in [2.24, 2.45) is 0 Å². The molecule has 6 rings (SSSR count). The highest BCUT2D eigenvalue weighted by Crippen LogP contribution is 2.26. The molecule has 6 heteroatoms. The largest absolute Gasteiger partial charge is 0.494 e. The molecule has 0 saturated heterocycles. The maximum Gasteiger partial charge on any atom is 0.138 e. The number of unbranched alkanes of at least 4 members (excludes halogenated alkanes) is 2. The molecule has 0 saturated carbocycles. The summed E-state index contributed by atoms with van der Waals surface area (Å²) in [4.78, 5) is 16.3. The Bertz CT molecular complexity index is 1610. The number of fused-ring (bicyclic) bond motifs is 2. The van der Waals surface area contributed by atoms with Crippen LogP contribution in [0.1, 0.15) is 30.4 Å². The van der Waals surface area contributed by atoms with E-state index in [1.165, 1.54) is 11.1 Å². The first-order valence-corrected chi connectivity index (χ1v) is 13.5. The molecule has 0 atom stereocenters. The van der Waals surface area contributed by atoms with E-state index in [1.54, 1.807) is 0 Å². The summed E-state index contributed by atoms with van der Waals surface area (Å²) in [7, 11) is 0. The van der Waals surface area contributed by atoms with Gasteiger partial charge in [-0.3, -0.25) is 0 Å². The molecule has 2 heterocycles. The van der Waals surface area contributed by atoms with Crippen molar-refractivity contribution in [3.63, 3.8) is 0 Å². The Morgan fingerprint density at radius 3 is 1.54 bits per heavy atom. The standard InChI is InChI=1S/C33H32N4O2/c1-22-12-14-28-30(18-22)36-32(34-28)24-8-6-10-26(20-24)38-16-4-3-5-17-39-27-11-7-9-25(21-27)33-35-29-15-13-23(2)19-31(29)37-33/h6-15,18-21H,3-5,16-17H2,1-2H3,(H,34,36)(H,35,37). The lowest BCUT2D eigenvalue weighted by Gasteiger charge is -2.09. The topological polar surface area (TPSA) is 75.8 Å². The van der Waals surface area contributed by atoms with Crippen molar-refractivity contribution < 1.29 is 9.47 Å². The summed E-state index contributed by atoms with van der Waals surface area (Å²) in [6, 6.07) is 28.7. The van der Waals surface area contributed by atoms with Gasteiger partial charge in [0.2, 0.25) is 0 Å². The Hall–Kier alpha value is -4.58.